The Morgan fingerprint density at radius 1 is 1.07 bits per heavy atom. The number of hydrogen-bond acceptors (Lipinski definition) is 7. The van der Waals surface area contributed by atoms with E-state index < -0.39 is 0 Å². The number of amides is 1. The summed E-state index contributed by atoms with van der Waals surface area (Å²) in [4.78, 5) is 17.0. The first-order valence-electron chi connectivity index (χ1n) is 9.37. The fourth-order valence-electron chi connectivity index (χ4n) is 3.03. The number of nitrogens with zero attached hydrogens (tertiary/aromatic N) is 1. The number of methoxy groups -OCH3 is 3. The third-order valence-corrected chi connectivity index (χ3v) is 5.52. The van der Waals surface area contributed by atoms with Gasteiger partial charge in [0.25, 0.3) is 5.91 Å². The van der Waals surface area contributed by atoms with Crippen LogP contribution in [0.3, 0.4) is 0 Å². The lowest BCUT2D eigenvalue weighted by Crippen LogP contribution is -2.23. The zero-order valence-corrected chi connectivity index (χ0v) is 18.0. The standard InChI is InChI=1S/C22H25N3O4S/c1-27-18-10-15(11-19(28-2)20(18)29-3)12-24-21(26)17-13-30-22(25-17)16(23)9-14-7-5-4-6-8-14/h4-8,10-11,13,16H,9,12,23H2,1-3H3,(H,24,26). The lowest BCUT2D eigenvalue weighted by Gasteiger charge is -2.14. The number of thiazole rings is 1. The molecular formula is C22H25N3O4S. The average molecular weight is 428 g/mol. The molecule has 30 heavy (non-hydrogen) atoms. The molecule has 7 nitrogen and oxygen atoms in total. The van der Waals surface area contributed by atoms with E-state index in [1.807, 2.05) is 30.3 Å². The molecule has 0 saturated carbocycles. The molecule has 0 spiro atoms. The van der Waals surface area contributed by atoms with E-state index in [2.05, 4.69) is 10.3 Å². The number of rotatable bonds is 9. The zero-order valence-electron chi connectivity index (χ0n) is 17.2. The summed E-state index contributed by atoms with van der Waals surface area (Å²) in [5, 5.41) is 5.33. The number of hydrogen-bond donors (Lipinski definition) is 2. The van der Waals surface area contributed by atoms with E-state index in [0.29, 0.717) is 35.9 Å². The van der Waals surface area contributed by atoms with Crippen LogP contribution < -0.4 is 25.3 Å². The molecule has 158 valence electrons. The summed E-state index contributed by atoms with van der Waals surface area (Å²) in [5.74, 6) is 1.30. The van der Waals surface area contributed by atoms with Gasteiger partial charge >= 0.3 is 0 Å². The molecule has 1 amide bonds. The summed E-state index contributed by atoms with van der Waals surface area (Å²) in [7, 11) is 4.65. The molecule has 2 aromatic carbocycles. The van der Waals surface area contributed by atoms with Gasteiger partial charge in [-0.1, -0.05) is 30.3 Å². The smallest absolute Gasteiger partial charge is 0.271 e. The molecule has 0 fully saturated rings. The van der Waals surface area contributed by atoms with Crippen molar-refractivity contribution in [2.24, 2.45) is 5.73 Å². The van der Waals surface area contributed by atoms with Crippen LogP contribution in [0.1, 0.15) is 32.7 Å². The van der Waals surface area contributed by atoms with Crippen molar-refractivity contribution in [3.8, 4) is 17.2 Å². The molecule has 0 aliphatic carbocycles. The molecule has 1 aromatic heterocycles. The van der Waals surface area contributed by atoms with Crippen LogP contribution in [0.25, 0.3) is 0 Å². The Morgan fingerprint density at radius 2 is 1.73 bits per heavy atom. The topological polar surface area (TPSA) is 95.7 Å². The molecule has 8 heteroatoms. The normalized spacial score (nSPS) is 11.6. The summed E-state index contributed by atoms with van der Waals surface area (Å²) < 4.78 is 16.0. The van der Waals surface area contributed by atoms with Crippen molar-refractivity contribution in [1.82, 2.24) is 10.3 Å². The highest BCUT2D eigenvalue weighted by molar-refractivity contribution is 7.09. The van der Waals surface area contributed by atoms with Crippen molar-refractivity contribution in [3.63, 3.8) is 0 Å². The van der Waals surface area contributed by atoms with E-state index in [4.69, 9.17) is 19.9 Å². The van der Waals surface area contributed by atoms with Crippen LogP contribution in [0.2, 0.25) is 0 Å². The van der Waals surface area contributed by atoms with Gasteiger partial charge in [0.2, 0.25) is 5.75 Å². The highest BCUT2D eigenvalue weighted by Gasteiger charge is 2.17. The molecule has 1 unspecified atom stereocenters. The second-order valence-electron chi connectivity index (χ2n) is 6.58. The molecule has 3 N–H and O–H groups in total. The maximum absolute atomic E-state index is 12.5. The van der Waals surface area contributed by atoms with Gasteiger partial charge in [-0.25, -0.2) is 4.98 Å². The van der Waals surface area contributed by atoms with Gasteiger partial charge in [-0.3, -0.25) is 4.79 Å². The van der Waals surface area contributed by atoms with Crippen LogP contribution in [0.5, 0.6) is 17.2 Å². The van der Waals surface area contributed by atoms with Crippen molar-refractivity contribution in [3.05, 3.63) is 69.7 Å². The minimum Gasteiger partial charge on any atom is -0.493 e. The van der Waals surface area contributed by atoms with Crippen LogP contribution >= 0.6 is 11.3 Å². The number of carbonyl (C=O) groups is 1. The molecule has 1 heterocycles. The molecule has 0 aliphatic heterocycles. The predicted octanol–water partition coefficient (Wildman–Crippen LogP) is 3.34. The number of ether oxygens (including phenoxy) is 3. The number of nitrogens with one attached hydrogen (secondary N) is 1. The summed E-state index contributed by atoms with van der Waals surface area (Å²) in [6.07, 6.45) is 0.668. The van der Waals surface area contributed by atoms with E-state index in [9.17, 15) is 4.79 Å². The van der Waals surface area contributed by atoms with E-state index in [1.165, 1.54) is 11.3 Å². The molecule has 0 saturated heterocycles. The maximum Gasteiger partial charge on any atom is 0.271 e. The number of aromatic nitrogens is 1. The van der Waals surface area contributed by atoms with Crippen molar-refractivity contribution in [2.75, 3.05) is 21.3 Å². The zero-order chi connectivity index (χ0) is 21.5. The summed E-state index contributed by atoms with van der Waals surface area (Å²) in [6, 6.07) is 13.3. The van der Waals surface area contributed by atoms with E-state index >= 15 is 0 Å². The largest absolute Gasteiger partial charge is 0.493 e. The van der Waals surface area contributed by atoms with Gasteiger partial charge in [-0.05, 0) is 29.7 Å². The van der Waals surface area contributed by atoms with Gasteiger partial charge in [-0.2, -0.15) is 0 Å². The number of carbonyl (C=O) groups excluding carboxylic acids is 1. The van der Waals surface area contributed by atoms with Crippen LogP contribution in [0.15, 0.2) is 47.8 Å². The first kappa shape index (κ1) is 21.6. The SMILES string of the molecule is COc1cc(CNC(=O)c2csc(C(N)Cc3ccccc3)n2)cc(OC)c1OC. The van der Waals surface area contributed by atoms with Crippen molar-refractivity contribution < 1.29 is 19.0 Å². The first-order valence-corrected chi connectivity index (χ1v) is 10.3. The van der Waals surface area contributed by atoms with Crippen molar-refractivity contribution in [1.29, 1.82) is 0 Å². The second-order valence-corrected chi connectivity index (χ2v) is 7.47. The minimum absolute atomic E-state index is 0.255. The van der Waals surface area contributed by atoms with Crippen molar-refractivity contribution in [2.45, 2.75) is 19.0 Å². The van der Waals surface area contributed by atoms with Crippen LogP contribution in [0, 0.1) is 0 Å². The molecule has 1 atom stereocenters. The van der Waals surface area contributed by atoms with Crippen LogP contribution in [-0.2, 0) is 13.0 Å². The first-order chi connectivity index (χ1) is 14.5. The quantitative estimate of drug-likeness (QED) is 0.544. The Morgan fingerprint density at radius 3 is 2.33 bits per heavy atom. The Bertz CT molecular complexity index is 966. The molecule has 3 rings (SSSR count). The molecule has 3 aromatic rings. The van der Waals surface area contributed by atoms with Gasteiger partial charge in [0.05, 0.1) is 27.4 Å². The number of benzene rings is 2. The monoisotopic (exact) mass is 427 g/mol. The van der Waals surface area contributed by atoms with Gasteiger partial charge in [0.1, 0.15) is 10.7 Å². The van der Waals surface area contributed by atoms with Crippen LogP contribution in [0.4, 0.5) is 0 Å². The Kier molecular flexibility index (Phi) is 7.26. The molecule has 0 bridgehead atoms. The third-order valence-electron chi connectivity index (χ3n) is 4.55. The molecule has 0 aliphatic rings. The number of nitrogens with two attached hydrogens (primary N) is 1. The molecule has 0 radical (unpaired) electrons. The van der Waals surface area contributed by atoms with Gasteiger partial charge < -0.3 is 25.3 Å². The van der Waals surface area contributed by atoms with Crippen LogP contribution in [-0.4, -0.2) is 32.2 Å². The Labute approximate surface area is 179 Å². The minimum atomic E-state index is -0.266. The molecular weight excluding hydrogens is 402 g/mol. The van der Waals surface area contributed by atoms with E-state index in [0.717, 1.165) is 16.1 Å². The second kappa shape index (κ2) is 10.1. The van der Waals surface area contributed by atoms with Gasteiger partial charge in [0.15, 0.2) is 11.5 Å². The highest BCUT2D eigenvalue weighted by Crippen LogP contribution is 2.38. The fourth-order valence-corrected chi connectivity index (χ4v) is 3.83. The Hall–Kier alpha value is -3.10. The summed E-state index contributed by atoms with van der Waals surface area (Å²) >= 11 is 1.39. The summed E-state index contributed by atoms with van der Waals surface area (Å²) in [5.41, 5.74) is 8.57. The van der Waals surface area contributed by atoms with Gasteiger partial charge in [-0.15, -0.1) is 11.3 Å². The Balaban J connectivity index is 1.64. The fraction of sp³-hybridized carbons (Fsp3) is 0.273. The van der Waals surface area contributed by atoms with E-state index in [1.54, 1.807) is 38.8 Å². The van der Waals surface area contributed by atoms with E-state index in [-0.39, 0.29) is 11.9 Å². The lowest BCUT2D eigenvalue weighted by atomic mass is 10.1. The summed E-state index contributed by atoms with van der Waals surface area (Å²) in [6.45, 7) is 0.290. The van der Waals surface area contributed by atoms with Gasteiger partial charge in [0, 0.05) is 11.9 Å². The average Bonchev–Trinajstić information content (AvgIpc) is 3.28. The maximum atomic E-state index is 12.5. The highest BCUT2D eigenvalue weighted by atomic mass is 32.1. The lowest BCUT2D eigenvalue weighted by molar-refractivity contribution is 0.0946. The van der Waals surface area contributed by atoms with Crippen molar-refractivity contribution >= 4 is 17.2 Å². The predicted molar refractivity (Wildman–Crippen MR) is 116 cm³/mol. The third kappa shape index (κ3) is 5.08.